The van der Waals surface area contributed by atoms with E-state index in [0.29, 0.717) is 30.2 Å². The first-order chi connectivity index (χ1) is 15.8. The van der Waals surface area contributed by atoms with Crippen LogP contribution < -0.4 is 5.32 Å². The van der Waals surface area contributed by atoms with Crippen LogP contribution in [0.1, 0.15) is 41.3 Å². The lowest BCUT2D eigenvalue weighted by Crippen LogP contribution is -2.51. The number of rotatable bonds is 5. The van der Waals surface area contributed by atoms with Crippen molar-refractivity contribution in [1.82, 2.24) is 24.9 Å². The van der Waals surface area contributed by atoms with Crippen LogP contribution in [0.2, 0.25) is 0 Å². The SMILES string of the molecule is Cc1cccc(C(=O)N2CCCC(C)C2CNc2ccc(C(F)(F)F)cn2)c1-n1nccn1. The Bertz CT molecular complexity index is 1100. The number of alkyl halides is 3. The Kier molecular flexibility index (Phi) is 6.35. The first-order valence-corrected chi connectivity index (χ1v) is 10.8. The summed E-state index contributed by atoms with van der Waals surface area (Å²) in [5, 5.41) is 11.5. The molecule has 0 saturated carbocycles. The van der Waals surface area contributed by atoms with Crippen molar-refractivity contribution in [2.24, 2.45) is 5.92 Å². The summed E-state index contributed by atoms with van der Waals surface area (Å²) in [4.78, 5) is 20.9. The number of piperidine rings is 1. The highest BCUT2D eigenvalue weighted by Crippen LogP contribution is 2.30. The van der Waals surface area contributed by atoms with Gasteiger partial charge in [0.15, 0.2) is 0 Å². The molecule has 2 unspecified atom stereocenters. The molecule has 1 aliphatic heterocycles. The molecule has 3 heterocycles. The molecule has 7 nitrogen and oxygen atoms in total. The van der Waals surface area contributed by atoms with Crippen molar-refractivity contribution in [3.63, 3.8) is 0 Å². The lowest BCUT2D eigenvalue weighted by atomic mass is 9.89. The molecule has 0 radical (unpaired) electrons. The molecular formula is C23H25F3N6O. The molecule has 10 heteroatoms. The Balaban J connectivity index is 1.56. The third kappa shape index (κ3) is 4.84. The second-order valence-electron chi connectivity index (χ2n) is 8.29. The van der Waals surface area contributed by atoms with Gasteiger partial charge in [-0.1, -0.05) is 19.1 Å². The highest BCUT2D eigenvalue weighted by molar-refractivity contribution is 5.98. The number of hydrogen-bond donors (Lipinski definition) is 1. The largest absolute Gasteiger partial charge is 0.417 e. The van der Waals surface area contributed by atoms with Crippen LogP contribution in [0.15, 0.2) is 48.9 Å². The molecule has 4 rings (SSSR count). The molecule has 1 N–H and O–H groups in total. The number of carbonyl (C=O) groups excluding carboxylic acids is 1. The Morgan fingerprint density at radius 3 is 2.61 bits per heavy atom. The number of anilines is 1. The molecule has 0 aliphatic carbocycles. The van der Waals surface area contributed by atoms with Gasteiger partial charge >= 0.3 is 6.18 Å². The van der Waals surface area contributed by atoms with Crippen molar-refractivity contribution in [2.45, 2.75) is 38.9 Å². The number of para-hydroxylation sites is 1. The maximum atomic E-state index is 13.7. The summed E-state index contributed by atoms with van der Waals surface area (Å²) in [6.45, 7) is 4.96. The minimum atomic E-state index is -4.43. The van der Waals surface area contributed by atoms with Crippen LogP contribution in [0, 0.1) is 12.8 Å². The van der Waals surface area contributed by atoms with E-state index in [1.54, 1.807) is 18.5 Å². The van der Waals surface area contributed by atoms with E-state index in [-0.39, 0.29) is 17.9 Å². The zero-order chi connectivity index (χ0) is 23.6. The number of nitrogens with zero attached hydrogens (tertiary/aromatic N) is 5. The van der Waals surface area contributed by atoms with E-state index in [4.69, 9.17) is 0 Å². The molecule has 2 aromatic heterocycles. The number of pyridine rings is 1. The first kappa shape index (κ1) is 22.8. The fourth-order valence-corrected chi connectivity index (χ4v) is 4.27. The van der Waals surface area contributed by atoms with Gasteiger partial charge in [-0.05, 0) is 49.4 Å². The van der Waals surface area contributed by atoms with Gasteiger partial charge in [-0.25, -0.2) is 4.98 Å². The number of amides is 1. The third-order valence-corrected chi connectivity index (χ3v) is 6.05. The summed E-state index contributed by atoms with van der Waals surface area (Å²) in [6, 6.07) is 7.68. The predicted molar refractivity (Wildman–Crippen MR) is 117 cm³/mol. The molecule has 33 heavy (non-hydrogen) atoms. The second kappa shape index (κ2) is 9.21. The van der Waals surface area contributed by atoms with Crippen molar-refractivity contribution in [3.05, 3.63) is 65.6 Å². The monoisotopic (exact) mass is 458 g/mol. The average molecular weight is 458 g/mol. The van der Waals surface area contributed by atoms with Gasteiger partial charge in [0.2, 0.25) is 0 Å². The molecule has 1 aromatic carbocycles. The number of likely N-dealkylation sites (tertiary alicyclic amines) is 1. The highest BCUT2D eigenvalue weighted by Gasteiger charge is 2.34. The molecule has 174 valence electrons. The van der Waals surface area contributed by atoms with E-state index in [0.717, 1.165) is 30.7 Å². The van der Waals surface area contributed by atoms with Crippen molar-refractivity contribution in [3.8, 4) is 5.69 Å². The van der Waals surface area contributed by atoms with Gasteiger partial charge in [-0.15, -0.1) is 0 Å². The zero-order valence-electron chi connectivity index (χ0n) is 18.4. The number of aryl methyl sites for hydroxylation is 1. The second-order valence-corrected chi connectivity index (χ2v) is 8.29. The Morgan fingerprint density at radius 2 is 1.94 bits per heavy atom. The number of aromatic nitrogens is 4. The summed E-state index contributed by atoms with van der Waals surface area (Å²) in [5.74, 6) is 0.427. The van der Waals surface area contributed by atoms with Crippen molar-refractivity contribution < 1.29 is 18.0 Å². The predicted octanol–water partition coefficient (Wildman–Crippen LogP) is 4.34. The number of hydrogen-bond acceptors (Lipinski definition) is 5. The lowest BCUT2D eigenvalue weighted by Gasteiger charge is -2.40. The minimum Gasteiger partial charge on any atom is -0.368 e. The molecule has 2 atom stereocenters. The van der Waals surface area contributed by atoms with Gasteiger partial charge in [0.05, 0.1) is 29.6 Å². The van der Waals surface area contributed by atoms with E-state index in [9.17, 15) is 18.0 Å². The maximum Gasteiger partial charge on any atom is 0.417 e. The Morgan fingerprint density at radius 1 is 1.18 bits per heavy atom. The van der Waals surface area contributed by atoms with Crippen LogP contribution in [0.4, 0.5) is 19.0 Å². The van der Waals surface area contributed by atoms with Gasteiger partial charge in [-0.2, -0.15) is 28.2 Å². The molecule has 0 spiro atoms. The van der Waals surface area contributed by atoms with E-state index >= 15 is 0 Å². The van der Waals surface area contributed by atoms with E-state index < -0.39 is 11.7 Å². The molecule has 1 aliphatic rings. The molecular weight excluding hydrogens is 433 g/mol. The normalized spacial score (nSPS) is 18.9. The molecule has 1 amide bonds. The average Bonchev–Trinajstić information content (AvgIpc) is 3.31. The lowest BCUT2D eigenvalue weighted by molar-refractivity contribution is -0.137. The number of halogens is 3. The maximum absolute atomic E-state index is 13.7. The van der Waals surface area contributed by atoms with Crippen LogP contribution >= 0.6 is 0 Å². The highest BCUT2D eigenvalue weighted by atomic mass is 19.4. The number of benzene rings is 1. The van der Waals surface area contributed by atoms with Crippen LogP contribution in [-0.4, -0.2) is 49.9 Å². The van der Waals surface area contributed by atoms with Gasteiger partial charge in [0.1, 0.15) is 11.5 Å². The summed E-state index contributed by atoms with van der Waals surface area (Å²) in [6.07, 6.45) is 1.34. The summed E-state index contributed by atoms with van der Waals surface area (Å²) < 4.78 is 38.4. The van der Waals surface area contributed by atoms with Gasteiger partial charge in [-0.3, -0.25) is 4.79 Å². The van der Waals surface area contributed by atoms with E-state index in [1.807, 2.05) is 24.0 Å². The Hall–Kier alpha value is -3.43. The quantitative estimate of drug-likeness (QED) is 0.616. The number of carbonyl (C=O) groups is 1. The van der Waals surface area contributed by atoms with Crippen molar-refractivity contribution >= 4 is 11.7 Å². The van der Waals surface area contributed by atoms with Crippen molar-refractivity contribution in [1.29, 1.82) is 0 Å². The van der Waals surface area contributed by atoms with Gasteiger partial charge < -0.3 is 10.2 Å². The smallest absolute Gasteiger partial charge is 0.368 e. The third-order valence-electron chi connectivity index (χ3n) is 6.05. The van der Waals surface area contributed by atoms with Crippen LogP contribution in [0.25, 0.3) is 5.69 Å². The fraction of sp³-hybridized carbons (Fsp3) is 0.391. The molecule has 0 bridgehead atoms. The summed E-state index contributed by atoms with van der Waals surface area (Å²) >= 11 is 0. The molecule has 1 fully saturated rings. The first-order valence-electron chi connectivity index (χ1n) is 10.8. The van der Waals surface area contributed by atoms with Crippen LogP contribution in [0.5, 0.6) is 0 Å². The molecule has 1 saturated heterocycles. The van der Waals surface area contributed by atoms with E-state index in [2.05, 4.69) is 27.4 Å². The summed E-state index contributed by atoms with van der Waals surface area (Å²) in [7, 11) is 0. The topological polar surface area (TPSA) is 75.9 Å². The van der Waals surface area contributed by atoms with Crippen LogP contribution in [0.3, 0.4) is 0 Å². The van der Waals surface area contributed by atoms with Gasteiger partial charge in [0.25, 0.3) is 5.91 Å². The fourth-order valence-electron chi connectivity index (χ4n) is 4.27. The Labute approximate surface area is 189 Å². The van der Waals surface area contributed by atoms with Crippen molar-refractivity contribution in [2.75, 3.05) is 18.4 Å². The minimum absolute atomic E-state index is 0.121. The summed E-state index contributed by atoms with van der Waals surface area (Å²) in [5.41, 5.74) is 1.24. The van der Waals surface area contributed by atoms with E-state index in [1.165, 1.54) is 10.9 Å². The standard InChI is InChI=1S/C23H25F3N6O/c1-15-6-4-12-31(19(15)14-28-20-9-8-17(13-27-20)23(24,25)26)22(33)18-7-3-5-16(2)21(18)32-29-10-11-30-32/h3,5,7-11,13,15,19H,4,6,12,14H2,1-2H3,(H,27,28). The molecule has 3 aromatic rings. The van der Waals surface area contributed by atoms with Crippen LogP contribution in [-0.2, 0) is 6.18 Å². The number of nitrogens with one attached hydrogen (secondary N) is 1. The van der Waals surface area contributed by atoms with Gasteiger partial charge in [0, 0.05) is 19.3 Å². The zero-order valence-corrected chi connectivity index (χ0v) is 18.4.